The molecule has 0 spiro atoms. The van der Waals surface area contributed by atoms with Gasteiger partial charge in [-0.15, -0.1) is 0 Å². The van der Waals surface area contributed by atoms with E-state index in [2.05, 4.69) is 20.6 Å². The molecule has 12 N–H and O–H groups in total. The van der Waals surface area contributed by atoms with Crippen LogP contribution in [0.3, 0.4) is 0 Å². The van der Waals surface area contributed by atoms with Crippen molar-refractivity contribution in [1.82, 2.24) is 15.6 Å². The van der Waals surface area contributed by atoms with Gasteiger partial charge in [0.2, 0.25) is 11.8 Å². The summed E-state index contributed by atoms with van der Waals surface area (Å²) < 4.78 is 0. The van der Waals surface area contributed by atoms with E-state index in [4.69, 9.17) is 22.9 Å². The molecule has 1 aromatic carbocycles. The molecule has 12 heteroatoms. The van der Waals surface area contributed by atoms with Gasteiger partial charge in [0.1, 0.15) is 12.1 Å². The topological polar surface area (TPSA) is 228 Å². The van der Waals surface area contributed by atoms with Gasteiger partial charge in [-0.1, -0.05) is 18.2 Å². The van der Waals surface area contributed by atoms with Crippen LogP contribution in [0.5, 0.6) is 0 Å². The molecular weight excluding hydrogens is 452 g/mol. The summed E-state index contributed by atoms with van der Waals surface area (Å²) in [5.74, 6) is -2.37. The van der Waals surface area contributed by atoms with Crippen LogP contribution in [0.25, 0.3) is 10.9 Å². The number of carboxylic acids is 1. The van der Waals surface area contributed by atoms with E-state index < -0.39 is 35.9 Å². The summed E-state index contributed by atoms with van der Waals surface area (Å²) in [7, 11) is 0. The van der Waals surface area contributed by atoms with Crippen LogP contribution in [0.4, 0.5) is 0 Å². The van der Waals surface area contributed by atoms with Gasteiger partial charge in [0.05, 0.1) is 6.04 Å². The Bertz CT molecular complexity index is 1020. The normalized spacial score (nSPS) is 13.5. The molecule has 0 radical (unpaired) electrons. The molecule has 12 nitrogen and oxygen atoms in total. The van der Waals surface area contributed by atoms with Crippen molar-refractivity contribution in [3.63, 3.8) is 0 Å². The van der Waals surface area contributed by atoms with Gasteiger partial charge in [-0.2, -0.15) is 0 Å². The van der Waals surface area contributed by atoms with Crippen molar-refractivity contribution in [3.05, 3.63) is 36.0 Å². The summed E-state index contributed by atoms with van der Waals surface area (Å²) in [6.07, 6.45) is 4.10. The summed E-state index contributed by atoms with van der Waals surface area (Å²) in [5.41, 5.74) is 24.1. The van der Waals surface area contributed by atoms with Gasteiger partial charge in [-0.3, -0.25) is 14.6 Å². The second kappa shape index (κ2) is 13.9. The molecule has 1 aromatic heterocycles. The smallest absolute Gasteiger partial charge is 0.326 e. The van der Waals surface area contributed by atoms with Crippen LogP contribution in [0.1, 0.15) is 37.7 Å². The molecule has 2 rings (SSSR count). The Hall–Kier alpha value is -3.64. The lowest BCUT2D eigenvalue weighted by atomic mass is 10.0. The van der Waals surface area contributed by atoms with Gasteiger partial charge < -0.3 is 43.7 Å². The van der Waals surface area contributed by atoms with Gasteiger partial charge in [-0.05, 0) is 56.7 Å². The zero-order chi connectivity index (χ0) is 25.8. The van der Waals surface area contributed by atoms with Gasteiger partial charge in [0.15, 0.2) is 5.96 Å². The Morgan fingerprint density at radius 2 is 1.69 bits per heavy atom. The number of carbonyl (C=O) groups excluding carboxylic acids is 2. The minimum Gasteiger partial charge on any atom is -0.480 e. The number of nitrogens with two attached hydrogens (primary N) is 4. The summed E-state index contributed by atoms with van der Waals surface area (Å²) in [6, 6.07) is 4.69. The molecule has 1 heterocycles. The number of unbranched alkanes of at least 4 members (excludes halogenated alkanes) is 1. The molecule has 192 valence electrons. The Morgan fingerprint density at radius 3 is 2.37 bits per heavy atom. The number of nitrogens with one attached hydrogen (secondary N) is 3. The molecule has 3 atom stereocenters. The third-order valence-corrected chi connectivity index (χ3v) is 5.59. The Kier molecular flexibility index (Phi) is 11.0. The van der Waals surface area contributed by atoms with Crippen LogP contribution in [0, 0.1) is 0 Å². The van der Waals surface area contributed by atoms with Gasteiger partial charge in [-0.25, -0.2) is 4.79 Å². The fourth-order valence-electron chi connectivity index (χ4n) is 3.70. The lowest BCUT2D eigenvalue weighted by molar-refractivity contribution is -0.142. The van der Waals surface area contributed by atoms with E-state index in [0.717, 1.165) is 16.5 Å². The number of carbonyl (C=O) groups is 3. The fraction of sp³-hybridized carbons (Fsp3) is 0.478. The summed E-state index contributed by atoms with van der Waals surface area (Å²) >= 11 is 0. The van der Waals surface area contributed by atoms with E-state index >= 15 is 0 Å². The number of aliphatic imine (C=N–C) groups is 1. The number of aromatic nitrogens is 1. The van der Waals surface area contributed by atoms with E-state index in [-0.39, 0.29) is 25.3 Å². The highest BCUT2D eigenvalue weighted by atomic mass is 16.4. The van der Waals surface area contributed by atoms with Crippen LogP contribution in [-0.2, 0) is 20.8 Å². The zero-order valence-electron chi connectivity index (χ0n) is 19.7. The molecule has 0 aliphatic rings. The first-order valence-corrected chi connectivity index (χ1v) is 11.6. The number of hydrogen-bond donors (Lipinski definition) is 8. The molecule has 0 saturated heterocycles. The monoisotopic (exact) mass is 488 g/mol. The standard InChI is InChI=1S/C23H36N8O4/c24-10-4-3-8-18(21(33)31-19(22(34)35)9-5-11-28-23(26)27)30-20(32)16(25)12-14-13-29-17-7-2-1-6-15(14)17/h1-2,6-7,13,16,18-19,29H,3-5,8-12,24-25H2,(H,30,32)(H,31,33)(H,34,35)(H4,26,27,28). The van der Waals surface area contributed by atoms with Crippen LogP contribution >= 0.6 is 0 Å². The maximum absolute atomic E-state index is 12.9. The zero-order valence-corrected chi connectivity index (χ0v) is 19.7. The van der Waals surface area contributed by atoms with E-state index in [0.29, 0.717) is 32.2 Å². The van der Waals surface area contributed by atoms with E-state index in [1.807, 2.05) is 30.5 Å². The van der Waals surface area contributed by atoms with Crippen molar-refractivity contribution >= 4 is 34.6 Å². The number of aromatic amines is 1. The lowest BCUT2D eigenvalue weighted by Crippen LogP contribution is -2.54. The quantitative estimate of drug-likeness (QED) is 0.0903. The highest BCUT2D eigenvalue weighted by Crippen LogP contribution is 2.19. The molecule has 3 unspecified atom stereocenters. The first-order valence-electron chi connectivity index (χ1n) is 11.6. The number of hydrogen-bond acceptors (Lipinski definition) is 6. The van der Waals surface area contributed by atoms with Gasteiger partial charge in [0, 0.05) is 23.6 Å². The summed E-state index contributed by atoms with van der Waals surface area (Å²) in [4.78, 5) is 44.3. The van der Waals surface area contributed by atoms with Crippen molar-refractivity contribution < 1.29 is 19.5 Å². The lowest BCUT2D eigenvalue weighted by Gasteiger charge is -2.23. The Labute approximate surface area is 203 Å². The highest BCUT2D eigenvalue weighted by molar-refractivity contribution is 5.92. The molecule has 2 amide bonds. The number of para-hydroxylation sites is 1. The predicted molar refractivity (Wildman–Crippen MR) is 134 cm³/mol. The molecule has 35 heavy (non-hydrogen) atoms. The molecule has 0 aliphatic carbocycles. The van der Waals surface area contributed by atoms with Gasteiger partial charge in [0.25, 0.3) is 0 Å². The number of guanidine groups is 1. The Morgan fingerprint density at radius 1 is 1.00 bits per heavy atom. The van der Waals surface area contributed by atoms with Crippen LogP contribution in [0.15, 0.2) is 35.5 Å². The van der Waals surface area contributed by atoms with Crippen LogP contribution < -0.4 is 33.6 Å². The number of fused-ring (bicyclic) bond motifs is 1. The van der Waals surface area contributed by atoms with Crippen molar-refractivity contribution in [2.24, 2.45) is 27.9 Å². The SMILES string of the molecule is NCCCCC(NC(=O)C(N)Cc1c[nH]c2ccccc12)C(=O)NC(CCCN=C(N)N)C(=O)O. The maximum Gasteiger partial charge on any atom is 0.326 e. The highest BCUT2D eigenvalue weighted by Gasteiger charge is 2.28. The second-order valence-electron chi connectivity index (χ2n) is 8.36. The van der Waals surface area contributed by atoms with E-state index in [1.165, 1.54) is 0 Å². The largest absolute Gasteiger partial charge is 0.480 e. The second-order valence-corrected chi connectivity index (χ2v) is 8.36. The molecule has 0 fully saturated rings. The Balaban J connectivity index is 2.02. The number of aliphatic carboxylic acids is 1. The summed E-state index contributed by atoms with van der Waals surface area (Å²) in [6.45, 7) is 0.673. The van der Waals surface area contributed by atoms with Crippen LogP contribution in [0.2, 0.25) is 0 Å². The fourth-order valence-corrected chi connectivity index (χ4v) is 3.70. The third kappa shape index (κ3) is 8.91. The number of carboxylic acid groups (broad SMARTS) is 1. The average molecular weight is 489 g/mol. The maximum atomic E-state index is 12.9. The van der Waals surface area contributed by atoms with Gasteiger partial charge >= 0.3 is 5.97 Å². The first kappa shape index (κ1) is 27.6. The summed E-state index contributed by atoms with van der Waals surface area (Å²) in [5, 5.41) is 15.7. The number of rotatable bonds is 15. The molecular formula is C23H36N8O4. The van der Waals surface area contributed by atoms with Crippen molar-refractivity contribution in [1.29, 1.82) is 0 Å². The van der Waals surface area contributed by atoms with Crippen molar-refractivity contribution in [2.45, 2.75) is 56.7 Å². The molecule has 0 aliphatic heterocycles. The number of amides is 2. The van der Waals surface area contributed by atoms with Crippen molar-refractivity contribution in [3.8, 4) is 0 Å². The number of nitrogens with zero attached hydrogens (tertiary/aromatic N) is 1. The average Bonchev–Trinajstić information content (AvgIpc) is 3.22. The minimum atomic E-state index is -1.19. The molecule has 0 saturated carbocycles. The molecule has 0 bridgehead atoms. The predicted octanol–water partition coefficient (Wildman–Crippen LogP) is -0.725. The number of benzene rings is 1. The molecule has 2 aromatic rings. The third-order valence-electron chi connectivity index (χ3n) is 5.59. The van der Waals surface area contributed by atoms with E-state index in [1.54, 1.807) is 0 Å². The number of H-pyrrole nitrogens is 1. The van der Waals surface area contributed by atoms with E-state index in [9.17, 15) is 19.5 Å². The first-order chi connectivity index (χ1) is 16.7. The van der Waals surface area contributed by atoms with Crippen LogP contribution in [-0.4, -0.2) is 65.0 Å². The van der Waals surface area contributed by atoms with Crippen molar-refractivity contribution in [2.75, 3.05) is 13.1 Å². The minimum absolute atomic E-state index is 0.0902.